The summed E-state index contributed by atoms with van der Waals surface area (Å²) in [5.41, 5.74) is 2.19. The van der Waals surface area contributed by atoms with E-state index in [0.717, 1.165) is 47.3 Å². The average Bonchev–Trinajstić information content (AvgIpc) is 2.70. The highest BCUT2D eigenvalue weighted by Gasteiger charge is 2.07. The summed E-state index contributed by atoms with van der Waals surface area (Å²) in [5.74, 6) is 3.18. The van der Waals surface area contributed by atoms with Gasteiger partial charge in [0.1, 0.15) is 17.2 Å². The van der Waals surface area contributed by atoms with Crippen LogP contribution in [-0.2, 0) is 13.0 Å². The van der Waals surface area contributed by atoms with Gasteiger partial charge < -0.3 is 24.8 Å². The minimum Gasteiger partial charge on any atom is -0.497 e. The molecule has 0 amide bonds. The second-order valence-corrected chi connectivity index (χ2v) is 5.59. The number of guanidine groups is 1. The Hall–Kier alpha value is -2.16. The largest absolute Gasteiger partial charge is 0.497 e. The molecule has 0 aliphatic heterocycles. The maximum absolute atomic E-state index is 5.42. The lowest BCUT2D eigenvalue weighted by molar-refractivity contribution is 0.390. The van der Waals surface area contributed by atoms with Crippen molar-refractivity contribution in [2.24, 2.45) is 4.99 Å². The molecule has 2 aromatic carbocycles. The van der Waals surface area contributed by atoms with Crippen LogP contribution in [0.15, 0.2) is 47.5 Å². The van der Waals surface area contributed by atoms with Crippen LogP contribution in [0.3, 0.4) is 0 Å². The zero-order valence-electron chi connectivity index (χ0n) is 16.2. The standard InChI is InChI=1S/C20H27N3O3.HI/c1-21-20(22-12-11-15-7-5-6-8-18(15)25-3)23-14-16-9-10-17(24-2)13-19(16)26-4;/h5-10,13H,11-12,14H2,1-4H3,(H2,21,22,23);1H. The monoisotopic (exact) mass is 485 g/mol. The average molecular weight is 485 g/mol. The second-order valence-electron chi connectivity index (χ2n) is 5.59. The first-order valence-corrected chi connectivity index (χ1v) is 8.49. The molecule has 2 N–H and O–H groups in total. The first-order chi connectivity index (χ1) is 12.7. The number of nitrogens with zero attached hydrogens (tertiary/aromatic N) is 1. The lowest BCUT2D eigenvalue weighted by atomic mass is 10.1. The molecule has 6 nitrogen and oxygen atoms in total. The Balaban J connectivity index is 0.00000364. The van der Waals surface area contributed by atoms with Crippen molar-refractivity contribution in [3.63, 3.8) is 0 Å². The predicted molar refractivity (Wildman–Crippen MR) is 120 cm³/mol. The van der Waals surface area contributed by atoms with E-state index in [-0.39, 0.29) is 24.0 Å². The van der Waals surface area contributed by atoms with E-state index >= 15 is 0 Å². The highest BCUT2D eigenvalue weighted by molar-refractivity contribution is 14.0. The smallest absolute Gasteiger partial charge is 0.191 e. The molecule has 27 heavy (non-hydrogen) atoms. The molecule has 0 fully saturated rings. The Labute approximate surface area is 178 Å². The summed E-state index contributed by atoms with van der Waals surface area (Å²) < 4.78 is 16.0. The van der Waals surface area contributed by atoms with Crippen molar-refractivity contribution in [3.05, 3.63) is 53.6 Å². The molecule has 0 bridgehead atoms. The molecular formula is C20H28IN3O3. The van der Waals surface area contributed by atoms with E-state index in [1.807, 2.05) is 36.4 Å². The Bertz CT molecular complexity index is 738. The summed E-state index contributed by atoms with van der Waals surface area (Å²) in [5, 5.41) is 6.62. The molecule has 2 rings (SSSR count). The van der Waals surface area contributed by atoms with Crippen molar-refractivity contribution in [2.45, 2.75) is 13.0 Å². The minimum absolute atomic E-state index is 0. The van der Waals surface area contributed by atoms with Crippen molar-refractivity contribution in [1.29, 1.82) is 0 Å². The van der Waals surface area contributed by atoms with E-state index in [0.29, 0.717) is 6.54 Å². The van der Waals surface area contributed by atoms with Gasteiger partial charge in [-0.1, -0.05) is 18.2 Å². The zero-order valence-corrected chi connectivity index (χ0v) is 18.6. The van der Waals surface area contributed by atoms with Crippen LogP contribution in [0.5, 0.6) is 17.2 Å². The topological polar surface area (TPSA) is 64.1 Å². The summed E-state index contributed by atoms with van der Waals surface area (Å²) in [6.45, 7) is 1.35. The fraction of sp³-hybridized carbons (Fsp3) is 0.350. The summed E-state index contributed by atoms with van der Waals surface area (Å²) in [7, 11) is 6.73. The maximum Gasteiger partial charge on any atom is 0.191 e. The first-order valence-electron chi connectivity index (χ1n) is 8.49. The number of benzene rings is 2. The lowest BCUT2D eigenvalue weighted by Gasteiger charge is -2.15. The van der Waals surface area contributed by atoms with Crippen LogP contribution in [0.4, 0.5) is 0 Å². The molecule has 0 aromatic heterocycles. The van der Waals surface area contributed by atoms with E-state index in [9.17, 15) is 0 Å². The van der Waals surface area contributed by atoms with Gasteiger partial charge in [-0.15, -0.1) is 24.0 Å². The molecule has 0 aliphatic carbocycles. The zero-order chi connectivity index (χ0) is 18.8. The molecule has 0 saturated heterocycles. The van der Waals surface area contributed by atoms with Crippen LogP contribution >= 0.6 is 24.0 Å². The fourth-order valence-electron chi connectivity index (χ4n) is 2.62. The molecule has 0 unspecified atom stereocenters. The minimum atomic E-state index is 0. The van der Waals surface area contributed by atoms with Gasteiger partial charge in [-0.2, -0.15) is 0 Å². The molecule has 0 atom stereocenters. The summed E-state index contributed by atoms with van der Waals surface area (Å²) >= 11 is 0. The van der Waals surface area contributed by atoms with Crippen molar-refractivity contribution < 1.29 is 14.2 Å². The van der Waals surface area contributed by atoms with Gasteiger partial charge in [0.05, 0.1) is 21.3 Å². The molecular weight excluding hydrogens is 457 g/mol. The highest BCUT2D eigenvalue weighted by atomic mass is 127. The SMILES string of the molecule is CN=C(NCCc1ccccc1OC)NCc1ccc(OC)cc1OC.I. The lowest BCUT2D eigenvalue weighted by Crippen LogP contribution is -2.37. The van der Waals surface area contributed by atoms with Gasteiger partial charge in [0.15, 0.2) is 5.96 Å². The second kappa shape index (κ2) is 12.3. The van der Waals surface area contributed by atoms with Gasteiger partial charge in [-0.05, 0) is 30.2 Å². The first kappa shape index (κ1) is 22.9. The molecule has 0 heterocycles. The Kier molecular flexibility index (Phi) is 10.4. The maximum atomic E-state index is 5.42. The predicted octanol–water partition coefficient (Wildman–Crippen LogP) is 3.24. The summed E-state index contributed by atoms with van der Waals surface area (Å²) in [6.07, 6.45) is 0.844. The van der Waals surface area contributed by atoms with Gasteiger partial charge in [0, 0.05) is 31.8 Å². The van der Waals surface area contributed by atoms with Crippen LogP contribution < -0.4 is 24.8 Å². The Morgan fingerprint density at radius 2 is 1.63 bits per heavy atom. The van der Waals surface area contributed by atoms with E-state index in [1.54, 1.807) is 28.4 Å². The van der Waals surface area contributed by atoms with Gasteiger partial charge >= 0.3 is 0 Å². The third-order valence-electron chi connectivity index (χ3n) is 4.04. The summed E-state index contributed by atoms with van der Waals surface area (Å²) in [6, 6.07) is 13.8. The highest BCUT2D eigenvalue weighted by Crippen LogP contribution is 2.24. The van der Waals surface area contributed by atoms with Gasteiger partial charge in [-0.25, -0.2) is 0 Å². The number of methoxy groups -OCH3 is 3. The number of aliphatic imine (C=N–C) groups is 1. The molecule has 0 saturated carbocycles. The van der Waals surface area contributed by atoms with E-state index in [2.05, 4.69) is 21.7 Å². The number of rotatable bonds is 8. The number of para-hydroxylation sites is 1. The van der Waals surface area contributed by atoms with Crippen LogP contribution in [0, 0.1) is 0 Å². The third kappa shape index (κ3) is 6.82. The molecule has 148 valence electrons. The van der Waals surface area contributed by atoms with Gasteiger partial charge in [-0.3, -0.25) is 4.99 Å². The third-order valence-corrected chi connectivity index (χ3v) is 4.04. The van der Waals surface area contributed by atoms with Crippen LogP contribution in [0.25, 0.3) is 0 Å². The van der Waals surface area contributed by atoms with Crippen molar-refractivity contribution in [3.8, 4) is 17.2 Å². The van der Waals surface area contributed by atoms with E-state index in [4.69, 9.17) is 14.2 Å². The number of ether oxygens (including phenoxy) is 3. The number of hydrogen-bond acceptors (Lipinski definition) is 4. The molecule has 2 aromatic rings. The van der Waals surface area contributed by atoms with E-state index in [1.165, 1.54) is 0 Å². The van der Waals surface area contributed by atoms with Crippen LogP contribution in [0.2, 0.25) is 0 Å². The Morgan fingerprint density at radius 1 is 0.889 bits per heavy atom. The molecule has 0 aliphatic rings. The fourth-order valence-corrected chi connectivity index (χ4v) is 2.62. The molecule has 7 heteroatoms. The number of nitrogens with one attached hydrogen (secondary N) is 2. The quantitative estimate of drug-likeness (QED) is 0.342. The van der Waals surface area contributed by atoms with E-state index < -0.39 is 0 Å². The Morgan fingerprint density at radius 3 is 2.30 bits per heavy atom. The van der Waals surface area contributed by atoms with Gasteiger partial charge in [0.25, 0.3) is 0 Å². The number of hydrogen-bond donors (Lipinski definition) is 2. The van der Waals surface area contributed by atoms with Gasteiger partial charge in [0.2, 0.25) is 0 Å². The van der Waals surface area contributed by atoms with Crippen molar-refractivity contribution >= 4 is 29.9 Å². The number of halogens is 1. The summed E-state index contributed by atoms with van der Waals surface area (Å²) in [4.78, 5) is 4.26. The van der Waals surface area contributed by atoms with Crippen molar-refractivity contribution in [1.82, 2.24) is 10.6 Å². The van der Waals surface area contributed by atoms with Crippen molar-refractivity contribution in [2.75, 3.05) is 34.9 Å². The molecule has 0 spiro atoms. The van der Waals surface area contributed by atoms with Crippen LogP contribution in [-0.4, -0.2) is 40.9 Å². The molecule has 0 radical (unpaired) electrons. The van der Waals surface area contributed by atoms with Crippen LogP contribution in [0.1, 0.15) is 11.1 Å². The normalized spacial score (nSPS) is 10.6.